The summed E-state index contributed by atoms with van der Waals surface area (Å²) in [4.78, 5) is 10.1. The Morgan fingerprint density at radius 1 is 1.36 bits per heavy atom. The van der Waals surface area contributed by atoms with Crippen molar-refractivity contribution in [1.29, 1.82) is 0 Å². The van der Waals surface area contributed by atoms with E-state index in [1.54, 1.807) is 12.1 Å². The maximum Gasteiger partial charge on any atom is 0.409 e. The van der Waals surface area contributed by atoms with E-state index >= 15 is 0 Å². The molecule has 0 aliphatic rings. The quantitative estimate of drug-likeness (QED) is 0.764. The summed E-state index contributed by atoms with van der Waals surface area (Å²) in [5.74, 6) is 0. The highest BCUT2D eigenvalue weighted by Gasteiger charge is 1.95. The van der Waals surface area contributed by atoms with E-state index in [1.165, 1.54) is 0 Å². The summed E-state index contributed by atoms with van der Waals surface area (Å²) in [6, 6.07) is 7.11. The van der Waals surface area contributed by atoms with Crippen LogP contribution in [-0.2, 0) is 0 Å². The molecule has 1 rings (SSSR count). The first kappa shape index (κ1) is 8.32. The molecule has 11 heavy (non-hydrogen) atoms. The van der Waals surface area contributed by atoms with Gasteiger partial charge in [0.05, 0.1) is 0 Å². The number of hydrogen-bond donors (Lipinski definition) is 2. The Morgan fingerprint density at radius 3 is 2.36 bits per heavy atom. The van der Waals surface area contributed by atoms with Gasteiger partial charge >= 0.3 is 6.09 Å². The van der Waals surface area contributed by atoms with Gasteiger partial charge in [0.2, 0.25) is 0 Å². The van der Waals surface area contributed by atoms with Crippen molar-refractivity contribution in [3.8, 4) is 0 Å². The zero-order valence-electron chi connectivity index (χ0n) is 5.54. The summed E-state index contributed by atoms with van der Waals surface area (Å²) in [5, 5.41) is 10.6. The van der Waals surface area contributed by atoms with Crippen LogP contribution in [0.2, 0.25) is 0 Å². The summed E-state index contributed by atoms with van der Waals surface area (Å²) >= 11 is 2.15. The SMILES string of the molecule is O=C(O)Nc1ccc(I)cc1. The van der Waals surface area contributed by atoms with Gasteiger partial charge in [-0.3, -0.25) is 5.32 Å². The highest BCUT2D eigenvalue weighted by molar-refractivity contribution is 14.1. The molecule has 0 saturated heterocycles. The molecule has 2 N–H and O–H groups in total. The first-order valence-corrected chi connectivity index (χ1v) is 4.02. The van der Waals surface area contributed by atoms with E-state index in [2.05, 4.69) is 27.9 Å². The maximum atomic E-state index is 10.1. The van der Waals surface area contributed by atoms with Gasteiger partial charge in [0.1, 0.15) is 0 Å². The molecular formula is C7H6INO2. The lowest BCUT2D eigenvalue weighted by atomic mass is 10.3. The highest BCUT2D eigenvalue weighted by atomic mass is 127. The Morgan fingerprint density at radius 2 is 1.91 bits per heavy atom. The molecule has 1 aromatic rings. The predicted octanol–water partition coefficient (Wildman–Crippen LogP) is 2.38. The van der Waals surface area contributed by atoms with Gasteiger partial charge in [0, 0.05) is 9.26 Å². The first-order valence-electron chi connectivity index (χ1n) is 2.94. The number of carboxylic acid groups (broad SMARTS) is 1. The van der Waals surface area contributed by atoms with E-state index in [9.17, 15) is 4.79 Å². The Kier molecular flexibility index (Phi) is 2.70. The molecule has 0 aliphatic carbocycles. The van der Waals surface area contributed by atoms with Crippen LogP contribution in [0, 0.1) is 3.57 Å². The van der Waals surface area contributed by atoms with E-state index in [1.807, 2.05) is 12.1 Å². The van der Waals surface area contributed by atoms with Gasteiger partial charge in [0.25, 0.3) is 0 Å². The van der Waals surface area contributed by atoms with Crippen LogP contribution in [-0.4, -0.2) is 11.2 Å². The standard InChI is InChI=1S/C7H6INO2/c8-5-1-3-6(4-2-5)9-7(10)11/h1-4,9H,(H,10,11). The summed E-state index contributed by atoms with van der Waals surface area (Å²) < 4.78 is 1.08. The zero-order valence-corrected chi connectivity index (χ0v) is 7.70. The second-order valence-electron chi connectivity index (χ2n) is 1.94. The highest BCUT2D eigenvalue weighted by Crippen LogP contribution is 2.10. The van der Waals surface area contributed by atoms with Crippen molar-refractivity contribution in [2.45, 2.75) is 0 Å². The fourth-order valence-corrected chi connectivity index (χ4v) is 1.02. The summed E-state index contributed by atoms with van der Waals surface area (Å²) in [7, 11) is 0. The van der Waals surface area contributed by atoms with Gasteiger partial charge in [-0.1, -0.05) is 0 Å². The van der Waals surface area contributed by atoms with Crippen LogP contribution in [0.25, 0.3) is 0 Å². The second-order valence-corrected chi connectivity index (χ2v) is 3.18. The summed E-state index contributed by atoms with van der Waals surface area (Å²) in [6.07, 6.45) is -1.04. The van der Waals surface area contributed by atoms with Gasteiger partial charge in [0.15, 0.2) is 0 Å². The molecule has 0 aromatic heterocycles. The van der Waals surface area contributed by atoms with Crippen LogP contribution in [0.1, 0.15) is 0 Å². The van der Waals surface area contributed by atoms with E-state index in [-0.39, 0.29) is 0 Å². The van der Waals surface area contributed by atoms with Crippen molar-refractivity contribution in [2.75, 3.05) is 5.32 Å². The lowest BCUT2D eigenvalue weighted by molar-refractivity contribution is 0.210. The smallest absolute Gasteiger partial charge is 0.409 e. The molecule has 1 aromatic carbocycles. The summed E-state index contributed by atoms with van der Waals surface area (Å²) in [5.41, 5.74) is 0.595. The minimum Gasteiger partial charge on any atom is -0.465 e. The van der Waals surface area contributed by atoms with Crippen molar-refractivity contribution in [1.82, 2.24) is 0 Å². The third kappa shape index (κ3) is 2.75. The van der Waals surface area contributed by atoms with Crippen molar-refractivity contribution in [3.05, 3.63) is 27.8 Å². The number of anilines is 1. The van der Waals surface area contributed by atoms with Crippen LogP contribution in [0.5, 0.6) is 0 Å². The molecule has 0 bridgehead atoms. The van der Waals surface area contributed by atoms with Crippen LogP contribution in [0.4, 0.5) is 10.5 Å². The normalized spacial score (nSPS) is 9.18. The van der Waals surface area contributed by atoms with Crippen LogP contribution < -0.4 is 5.32 Å². The molecule has 0 radical (unpaired) electrons. The molecule has 0 aliphatic heterocycles. The molecule has 0 spiro atoms. The fraction of sp³-hybridized carbons (Fsp3) is 0. The number of amides is 1. The van der Waals surface area contributed by atoms with Crippen molar-refractivity contribution >= 4 is 34.4 Å². The average Bonchev–Trinajstić information content (AvgIpc) is 1.93. The minimum atomic E-state index is -1.04. The molecule has 4 heteroatoms. The lowest BCUT2D eigenvalue weighted by Crippen LogP contribution is -2.06. The number of rotatable bonds is 1. The molecule has 58 valence electrons. The zero-order chi connectivity index (χ0) is 8.27. The number of carbonyl (C=O) groups is 1. The van der Waals surface area contributed by atoms with Gasteiger partial charge in [-0.15, -0.1) is 0 Å². The summed E-state index contributed by atoms with van der Waals surface area (Å²) in [6.45, 7) is 0. The Balaban J connectivity index is 2.74. The van der Waals surface area contributed by atoms with E-state index in [4.69, 9.17) is 5.11 Å². The van der Waals surface area contributed by atoms with Gasteiger partial charge in [-0.2, -0.15) is 0 Å². The largest absolute Gasteiger partial charge is 0.465 e. The first-order chi connectivity index (χ1) is 5.18. The van der Waals surface area contributed by atoms with Gasteiger partial charge in [-0.05, 0) is 46.9 Å². The van der Waals surface area contributed by atoms with Crippen molar-refractivity contribution in [3.63, 3.8) is 0 Å². The minimum absolute atomic E-state index is 0.595. The van der Waals surface area contributed by atoms with E-state index in [0.29, 0.717) is 5.69 Å². The third-order valence-corrected chi connectivity index (χ3v) is 1.81. The molecular weight excluding hydrogens is 257 g/mol. The fourth-order valence-electron chi connectivity index (χ4n) is 0.657. The van der Waals surface area contributed by atoms with E-state index < -0.39 is 6.09 Å². The van der Waals surface area contributed by atoms with Crippen molar-refractivity contribution < 1.29 is 9.90 Å². The van der Waals surface area contributed by atoms with Gasteiger partial charge < -0.3 is 5.11 Å². The molecule has 0 atom stereocenters. The maximum absolute atomic E-state index is 10.1. The van der Waals surface area contributed by atoms with Crippen molar-refractivity contribution in [2.24, 2.45) is 0 Å². The third-order valence-electron chi connectivity index (χ3n) is 1.10. The molecule has 3 nitrogen and oxygen atoms in total. The molecule has 0 saturated carbocycles. The number of nitrogens with one attached hydrogen (secondary N) is 1. The molecule has 0 heterocycles. The van der Waals surface area contributed by atoms with Gasteiger partial charge in [-0.25, -0.2) is 4.79 Å². The lowest BCUT2D eigenvalue weighted by Gasteiger charge is -1.98. The molecule has 0 unspecified atom stereocenters. The predicted molar refractivity (Wildman–Crippen MR) is 50.8 cm³/mol. The Labute approximate surface area is 77.6 Å². The van der Waals surface area contributed by atoms with E-state index in [0.717, 1.165) is 3.57 Å². The average molecular weight is 263 g/mol. The number of benzene rings is 1. The van der Waals surface area contributed by atoms with Crippen LogP contribution >= 0.6 is 22.6 Å². The second kappa shape index (κ2) is 3.56. The number of halogens is 1. The number of hydrogen-bond acceptors (Lipinski definition) is 1. The topological polar surface area (TPSA) is 49.3 Å². The Bertz CT molecular complexity index is 258. The van der Waals surface area contributed by atoms with Crippen LogP contribution in [0.15, 0.2) is 24.3 Å². The van der Waals surface area contributed by atoms with Crippen LogP contribution in [0.3, 0.4) is 0 Å². The Hall–Kier alpha value is -0.780. The monoisotopic (exact) mass is 263 g/mol. The molecule has 0 fully saturated rings. The molecule has 1 amide bonds.